The molecule has 30 heavy (non-hydrogen) atoms. The lowest BCUT2D eigenvalue weighted by Gasteiger charge is -2.29. The molecule has 0 saturated heterocycles. The number of benzene rings is 1. The number of aryl methyl sites for hydroxylation is 1. The third kappa shape index (κ3) is 5.08. The molecule has 1 amide bonds. The monoisotopic (exact) mass is 406 g/mol. The summed E-state index contributed by atoms with van der Waals surface area (Å²) in [6, 6.07) is 11.2. The summed E-state index contributed by atoms with van der Waals surface area (Å²) in [6.45, 7) is 6.35. The number of hydrogen-bond acceptors (Lipinski definition) is 4. The topological polar surface area (TPSA) is 71.2 Å². The molecule has 0 spiro atoms. The molecule has 160 valence electrons. The number of nitrogens with two attached hydrogens (primary N) is 1. The van der Waals surface area contributed by atoms with Gasteiger partial charge in [0.15, 0.2) is 0 Å². The Morgan fingerprint density at radius 3 is 2.83 bits per heavy atom. The van der Waals surface area contributed by atoms with Crippen molar-refractivity contribution in [3.05, 3.63) is 58.3 Å². The SMILES string of the molecule is CC(CCCCN1CCc2cc(CCN)ccc2C1)c1ccc2c(n1)NC(=O)CC2. The van der Waals surface area contributed by atoms with Crippen LogP contribution in [0.3, 0.4) is 0 Å². The predicted octanol–water partition coefficient (Wildman–Crippen LogP) is 3.80. The second kappa shape index (κ2) is 9.71. The summed E-state index contributed by atoms with van der Waals surface area (Å²) in [5.41, 5.74) is 12.3. The summed E-state index contributed by atoms with van der Waals surface area (Å²) in [4.78, 5) is 18.9. The molecule has 0 fully saturated rings. The van der Waals surface area contributed by atoms with Crippen molar-refractivity contribution in [1.82, 2.24) is 9.88 Å². The fourth-order valence-electron chi connectivity index (χ4n) is 4.64. The van der Waals surface area contributed by atoms with Gasteiger partial charge < -0.3 is 11.1 Å². The number of anilines is 1. The summed E-state index contributed by atoms with van der Waals surface area (Å²) < 4.78 is 0. The molecule has 0 radical (unpaired) electrons. The number of pyridine rings is 1. The van der Waals surface area contributed by atoms with E-state index in [9.17, 15) is 4.79 Å². The maximum atomic E-state index is 11.6. The first-order chi connectivity index (χ1) is 14.6. The van der Waals surface area contributed by atoms with Crippen molar-refractivity contribution in [1.29, 1.82) is 0 Å². The zero-order valence-electron chi connectivity index (χ0n) is 18.1. The smallest absolute Gasteiger partial charge is 0.225 e. The lowest BCUT2D eigenvalue weighted by Crippen LogP contribution is -2.31. The number of aromatic nitrogens is 1. The molecule has 2 aliphatic rings. The minimum absolute atomic E-state index is 0.0820. The molecule has 3 N–H and O–H groups in total. The van der Waals surface area contributed by atoms with Gasteiger partial charge in [-0.2, -0.15) is 0 Å². The molecule has 0 aliphatic carbocycles. The van der Waals surface area contributed by atoms with E-state index in [2.05, 4.69) is 47.5 Å². The number of nitrogens with one attached hydrogen (secondary N) is 1. The van der Waals surface area contributed by atoms with E-state index in [4.69, 9.17) is 10.7 Å². The van der Waals surface area contributed by atoms with Crippen molar-refractivity contribution < 1.29 is 4.79 Å². The fraction of sp³-hybridized carbons (Fsp3) is 0.520. The first-order valence-corrected chi connectivity index (χ1v) is 11.4. The Labute approximate surface area is 180 Å². The minimum atomic E-state index is 0.0820. The van der Waals surface area contributed by atoms with Gasteiger partial charge in [-0.05, 0) is 79.4 Å². The van der Waals surface area contributed by atoms with Crippen molar-refractivity contribution >= 4 is 11.7 Å². The summed E-state index contributed by atoms with van der Waals surface area (Å²) in [6.07, 6.45) is 7.04. The van der Waals surface area contributed by atoms with Crippen LogP contribution in [0.25, 0.3) is 0 Å². The van der Waals surface area contributed by atoms with Crippen LogP contribution in [-0.2, 0) is 30.6 Å². The predicted molar refractivity (Wildman–Crippen MR) is 122 cm³/mol. The average Bonchev–Trinajstić information content (AvgIpc) is 2.76. The van der Waals surface area contributed by atoms with Crippen molar-refractivity contribution in [3.63, 3.8) is 0 Å². The Balaban J connectivity index is 1.23. The molecule has 1 aromatic carbocycles. The Morgan fingerprint density at radius 2 is 1.97 bits per heavy atom. The van der Waals surface area contributed by atoms with Crippen molar-refractivity contribution in [2.24, 2.45) is 5.73 Å². The maximum absolute atomic E-state index is 11.6. The Hall–Kier alpha value is -2.24. The number of rotatable bonds is 8. The van der Waals surface area contributed by atoms with Crippen LogP contribution >= 0.6 is 0 Å². The summed E-state index contributed by atoms with van der Waals surface area (Å²) in [5, 5.41) is 2.92. The molecule has 1 atom stereocenters. The highest BCUT2D eigenvalue weighted by atomic mass is 16.1. The quantitative estimate of drug-likeness (QED) is 0.654. The van der Waals surface area contributed by atoms with Crippen molar-refractivity contribution in [3.8, 4) is 0 Å². The molecule has 5 nitrogen and oxygen atoms in total. The summed E-state index contributed by atoms with van der Waals surface area (Å²) >= 11 is 0. The lowest BCUT2D eigenvalue weighted by molar-refractivity contribution is -0.116. The highest BCUT2D eigenvalue weighted by Gasteiger charge is 2.19. The minimum Gasteiger partial charge on any atom is -0.330 e. The number of fused-ring (bicyclic) bond motifs is 2. The number of carbonyl (C=O) groups excluding carboxylic acids is 1. The van der Waals surface area contributed by atoms with Crippen LogP contribution in [0, 0.1) is 0 Å². The van der Waals surface area contributed by atoms with Crippen molar-refractivity contribution in [2.45, 2.75) is 64.3 Å². The van der Waals surface area contributed by atoms with Gasteiger partial charge in [-0.3, -0.25) is 9.69 Å². The van der Waals surface area contributed by atoms with E-state index < -0.39 is 0 Å². The highest BCUT2D eigenvalue weighted by molar-refractivity contribution is 5.92. The Kier molecular flexibility index (Phi) is 6.80. The number of unbranched alkanes of at least 4 members (excludes halogenated alkanes) is 1. The van der Waals surface area contributed by atoms with Gasteiger partial charge in [-0.25, -0.2) is 4.98 Å². The maximum Gasteiger partial charge on any atom is 0.225 e. The van der Waals surface area contributed by atoms with Gasteiger partial charge in [0.2, 0.25) is 5.91 Å². The number of carbonyl (C=O) groups is 1. The molecule has 1 unspecified atom stereocenters. The van der Waals surface area contributed by atoms with Gasteiger partial charge in [0.25, 0.3) is 0 Å². The zero-order valence-corrected chi connectivity index (χ0v) is 18.1. The largest absolute Gasteiger partial charge is 0.330 e. The van der Waals surface area contributed by atoms with Crippen LogP contribution in [0.5, 0.6) is 0 Å². The van der Waals surface area contributed by atoms with Gasteiger partial charge in [0, 0.05) is 25.2 Å². The second-order valence-corrected chi connectivity index (χ2v) is 8.86. The second-order valence-electron chi connectivity index (χ2n) is 8.86. The van der Waals surface area contributed by atoms with E-state index in [0.717, 1.165) is 68.9 Å². The van der Waals surface area contributed by atoms with E-state index in [1.54, 1.807) is 0 Å². The van der Waals surface area contributed by atoms with Crippen LogP contribution in [0.4, 0.5) is 5.82 Å². The van der Waals surface area contributed by atoms with Crippen LogP contribution < -0.4 is 11.1 Å². The van der Waals surface area contributed by atoms with Gasteiger partial charge in [-0.15, -0.1) is 0 Å². The first-order valence-electron chi connectivity index (χ1n) is 11.4. The molecule has 0 bridgehead atoms. The van der Waals surface area contributed by atoms with Gasteiger partial charge in [-0.1, -0.05) is 37.6 Å². The average molecular weight is 407 g/mol. The third-order valence-corrected chi connectivity index (χ3v) is 6.54. The fourth-order valence-corrected chi connectivity index (χ4v) is 4.64. The lowest BCUT2D eigenvalue weighted by atomic mass is 9.95. The van der Waals surface area contributed by atoms with Gasteiger partial charge in [0.1, 0.15) is 5.82 Å². The van der Waals surface area contributed by atoms with Crippen LogP contribution in [0.15, 0.2) is 30.3 Å². The van der Waals surface area contributed by atoms with Crippen molar-refractivity contribution in [2.75, 3.05) is 25.0 Å². The molecule has 0 saturated carbocycles. The van der Waals surface area contributed by atoms with E-state index in [1.807, 2.05) is 0 Å². The molecule has 2 aromatic rings. The molecular formula is C25H34N4O. The molecule has 4 rings (SSSR count). The third-order valence-electron chi connectivity index (χ3n) is 6.54. The Morgan fingerprint density at radius 1 is 1.10 bits per heavy atom. The normalized spacial score (nSPS) is 17.2. The molecular weight excluding hydrogens is 372 g/mol. The molecule has 2 aliphatic heterocycles. The molecule has 3 heterocycles. The van der Waals surface area contributed by atoms with E-state index in [0.29, 0.717) is 12.3 Å². The van der Waals surface area contributed by atoms with Crippen LogP contribution in [-0.4, -0.2) is 35.4 Å². The first kappa shape index (κ1) is 21.0. The van der Waals surface area contributed by atoms with E-state index in [-0.39, 0.29) is 5.91 Å². The molecule has 5 heteroatoms. The van der Waals surface area contributed by atoms with E-state index in [1.165, 1.54) is 29.5 Å². The molecule has 1 aromatic heterocycles. The number of hydrogen-bond donors (Lipinski definition) is 2. The van der Waals surface area contributed by atoms with Crippen LogP contribution in [0.1, 0.15) is 66.5 Å². The summed E-state index contributed by atoms with van der Waals surface area (Å²) in [5.74, 6) is 1.27. The van der Waals surface area contributed by atoms with E-state index >= 15 is 0 Å². The standard InChI is InChI=1S/C25H34N4O/c1-18(23-9-7-20-8-10-24(30)28-25(20)27-23)4-2-3-14-29-15-12-21-16-19(11-13-26)5-6-22(21)17-29/h5-7,9,16,18H,2-4,8,10-15,17,26H2,1H3,(H,27,28,30). The number of amides is 1. The summed E-state index contributed by atoms with van der Waals surface area (Å²) in [7, 11) is 0. The zero-order chi connectivity index (χ0) is 20.9. The Bertz CT molecular complexity index is 895. The highest BCUT2D eigenvalue weighted by Crippen LogP contribution is 2.26. The number of nitrogens with zero attached hydrogens (tertiary/aromatic N) is 2. The van der Waals surface area contributed by atoms with Gasteiger partial charge >= 0.3 is 0 Å². The van der Waals surface area contributed by atoms with Crippen LogP contribution in [0.2, 0.25) is 0 Å². The van der Waals surface area contributed by atoms with Gasteiger partial charge in [0.05, 0.1) is 0 Å².